The van der Waals surface area contributed by atoms with Crippen molar-refractivity contribution in [3.05, 3.63) is 59.7 Å². The summed E-state index contributed by atoms with van der Waals surface area (Å²) in [5.74, 6) is -1.41. The summed E-state index contributed by atoms with van der Waals surface area (Å²) in [6.07, 6.45) is 0. The minimum absolute atomic E-state index is 0.0451. The van der Waals surface area contributed by atoms with Gasteiger partial charge in [0.1, 0.15) is 5.69 Å². The second-order valence-corrected chi connectivity index (χ2v) is 5.62. The molecular weight excluding hydrogens is 320 g/mol. The summed E-state index contributed by atoms with van der Waals surface area (Å²) in [6.45, 7) is 3.44. The zero-order valence-corrected chi connectivity index (χ0v) is 13.7. The molecule has 1 N–H and O–H groups in total. The summed E-state index contributed by atoms with van der Waals surface area (Å²) in [6, 6.07) is 13.0. The van der Waals surface area contributed by atoms with Crippen molar-refractivity contribution in [1.82, 2.24) is 0 Å². The largest absolute Gasteiger partial charge is 0.478 e. The van der Waals surface area contributed by atoms with E-state index >= 15 is 0 Å². The number of para-hydroxylation sites is 1. The van der Waals surface area contributed by atoms with Crippen LogP contribution < -0.4 is 5.01 Å². The van der Waals surface area contributed by atoms with Crippen LogP contribution in [-0.2, 0) is 4.79 Å². The van der Waals surface area contributed by atoms with Gasteiger partial charge in [0.2, 0.25) is 0 Å². The molecule has 1 aliphatic rings. The Morgan fingerprint density at radius 3 is 2.52 bits per heavy atom. The van der Waals surface area contributed by atoms with Gasteiger partial charge in [0.25, 0.3) is 5.91 Å². The number of rotatable bonds is 4. The number of amides is 1. The van der Waals surface area contributed by atoms with Crippen LogP contribution >= 0.6 is 0 Å². The SMILES string of the molecule is CC1=NN(c2ccccc2)C(=O)C1N=Nc1c(C)cccc1C(=O)O. The Labute approximate surface area is 144 Å². The summed E-state index contributed by atoms with van der Waals surface area (Å²) in [7, 11) is 0. The molecule has 0 radical (unpaired) electrons. The third kappa shape index (κ3) is 3.16. The molecule has 1 atom stereocenters. The number of azo groups is 1. The van der Waals surface area contributed by atoms with Crippen LogP contribution in [0.1, 0.15) is 22.8 Å². The van der Waals surface area contributed by atoms with E-state index in [1.165, 1.54) is 11.1 Å². The fraction of sp³-hybridized carbons (Fsp3) is 0.167. The summed E-state index contributed by atoms with van der Waals surface area (Å²) in [5, 5.41) is 22.9. The molecule has 0 bridgehead atoms. The van der Waals surface area contributed by atoms with Gasteiger partial charge >= 0.3 is 5.97 Å². The van der Waals surface area contributed by atoms with Gasteiger partial charge in [-0.2, -0.15) is 20.3 Å². The molecule has 25 heavy (non-hydrogen) atoms. The van der Waals surface area contributed by atoms with Crippen molar-refractivity contribution in [2.24, 2.45) is 15.3 Å². The highest BCUT2D eigenvalue weighted by molar-refractivity contribution is 6.18. The molecule has 1 aliphatic heterocycles. The molecule has 0 aliphatic carbocycles. The molecule has 7 nitrogen and oxygen atoms in total. The van der Waals surface area contributed by atoms with Crippen LogP contribution in [0.15, 0.2) is 63.9 Å². The maximum Gasteiger partial charge on any atom is 0.337 e. The van der Waals surface area contributed by atoms with E-state index in [0.29, 0.717) is 17.0 Å². The first-order chi connectivity index (χ1) is 12.0. The number of hydrogen-bond donors (Lipinski definition) is 1. The van der Waals surface area contributed by atoms with Gasteiger partial charge < -0.3 is 5.11 Å². The van der Waals surface area contributed by atoms with Crippen LogP contribution in [0.3, 0.4) is 0 Å². The second-order valence-electron chi connectivity index (χ2n) is 5.62. The number of hydrazone groups is 1. The number of carbonyl (C=O) groups is 2. The maximum absolute atomic E-state index is 12.6. The fourth-order valence-corrected chi connectivity index (χ4v) is 2.52. The van der Waals surface area contributed by atoms with E-state index in [9.17, 15) is 14.7 Å². The lowest BCUT2D eigenvalue weighted by Gasteiger charge is -2.12. The highest BCUT2D eigenvalue weighted by atomic mass is 16.4. The van der Waals surface area contributed by atoms with E-state index in [1.807, 2.05) is 18.2 Å². The summed E-state index contributed by atoms with van der Waals surface area (Å²) >= 11 is 0. The number of carbonyl (C=O) groups excluding carboxylic acids is 1. The summed E-state index contributed by atoms with van der Waals surface area (Å²) in [4.78, 5) is 23.9. The highest BCUT2D eigenvalue weighted by Gasteiger charge is 2.34. The number of nitrogens with zero attached hydrogens (tertiary/aromatic N) is 4. The third-order valence-corrected chi connectivity index (χ3v) is 3.84. The standard InChI is InChI=1S/C18H16N4O3/c1-11-7-6-10-14(18(24)25)15(11)19-20-16-12(2)21-22(17(16)23)13-8-4-3-5-9-13/h3-10,16H,1-2H3,(H,24,25). The predicted octanol–water partition coefficient (Wildman–Crippen LogP) is 3.57. The van der Waals surface area contributed by atoms with Crippen LogP contribution in [-0.4, -0.2) is 28.7 Å². The summed E-state index contributed by atoms with van der Waals surface area (Å²) < 4.78 is 0. The van der Waals surface area contributed by atoms with Crippen molar-refractivity contribution in [3.8, 4) is 0 Å². The molecule has 0 fully saturated rings. The molecule has 1 unspecified atom stereocenters. The van der Waals surface area contributed by atoms with Crippen molar-refractivity contribution in [1.29, 1.82) is 0 Å². The Morgan fingerprint density at radius 2 is 1.84 bits per heavy atom. The topological polar surface area (TPSA) is 94.7 Å². The first-order valence-corrected chi connectivity index (χ1v) is 7.67. The Hall–Kier alpha value is -3.35. The van der Waals surface area contributed by atoms with E-state index in [2.05, 4.69) is 15.3 Å². The normalized spacial score (nSPS) is 17.2. The molecule has 126 valence electrons. The highest BCUT2D eigenvalue weighted by Crippen LogP contribution is 2.27. The van der Waals surface area contributed by atoms with Crippen molar-refractivity contribution in [2.45, 2.75) is 19.9 Å². The second kappa shape index (κ2) is 6.64. The van der Waals surface area contributed by atoms with Crippen LogP contribution in [0.25, 0.3) is 0 Å². The number of carboxylic acids is 1. The van der Waals surface area contributed by atoms with E-state index < -0.39 is 12.0 Å². The van der Waals surface area contributed by atoms with Gasteiger partial charge in [-0.25, -0.2) is 4.79 Å². The van der Waals surface area contributed by atoms with Gasteiger partial charge in [0.15, 0.2) is 6.04 Å². The molecule has 0 saturated heterocycles. The van der Waals surface area contributed by atoms with Gasteiger partial charge in [0.05, 0.1) is 17.0 Å². The zero-order chi connectivity index (χ0) is 18.0. The molecule has 0 spiro atoms. The van der Waals surface area contributed by atoms with Crippen LogP contribution in [0, 0.1) is 6.92 Å². The number of aromatic carboxylic acids is 1. The Balaban J connectivity index is 1.90. The van der Waals surface area contributed by atoms with E-state index in [0.717, 1.165) is 0 Å². The molecule has 1 amide bonds. The summed E-state index contributed by atoms with van der Waals surface area (Å²) in [5.41, 5.74) is 2.11. The monoisotopic (exact) mass is 336 g/mol. The number of carboxylic acid groups (broad SMARTS) is 1. The lowest BCUT2D eigenvalue weighted by molar-refractivity contribution is -0.117. The van der Waals surface area contributed by atoms with E-state index in [4.69, 9.17) is 0 Å². The Morgan fingerprint density at radius 1 is 1.12 bits per heavy atom. The number of aryl methyl sites for hydroxylation is 1. The Bertz CT molecular complexity index is 890. The van der Waals surface area contributed by atoms with Gasteiger partial charge in [-0.3, -0.25) is 4.79 Å². The van der Waals surface area contributed by atoms with Crippen molar-refractivity contribution >= 4 is 29.0 Å². The van der Waals surface area contributed by atoms with Gasteiger partial charge in [0, 0.05) is 0 Å². The number of benzene rings is 2. The minimum Gasteiger partial charge on any atom is -0.478 e. The maximum atomic E-state index is 12.6. The van der Waals surface area contributed by atoms with Crippen LogP contribution in [0.2, 0.25) is 0 Å². The number of anilines is 1. The number of hydrogen-bond acceptors (Lipinski definition) is 5. The first kappa shape index (κ1) is 16.5. The van der Waals surface area contributed by atoms with Gasteiger partial charge in [-0.1, -0.05) is 30.3 Å². The van der Waals surface area contributed by atoms with E-state index in [-0.39, 0.29) is 17.2 Å². The van der Waals surface area contributed by atoms with Crippen molar-refractivity contribution in [3.63, 3.8) is 0 Å². The molecule has 2 aromatic rings. The quantitative estimate of drug-likeness (QED) is 0.865. The average Bonchev–Trinajstić information content (AvgIpc) is 2.88. The minimum atomic E-state index is -1.09. The molecule has 7 heteroatoms. The lowest BCUT2D eigenvalue weighted by Crippen LogP contribution is -2.29. The molecule has 2 aromatic carbocycles. The fourth-order valence-electron chi connectivity index (χ4n) is 2.52. The van der Waals surface area contributed by atoms with Gasteiger partial charge in [-0.15, -0.1) is 0 Å². The zero-order valence-electron chi connectivity index (χ0n) is 13.7. The third-order valence-electron chi connectivity index (χ3n) is 3.84. The molecular formula is C18H16N4O3. The van der Waals surface area contributed by atoms with Crippen LogP contribution in [0.5, 0.6) is 0 Å². The molecule has 0 saturated carbocycles. The van der Waals surface area contributed by atoms with Crippen molar-refractivity contribution < 1.29 is 14.7 Å². The average molecular weight is 336 g/mol. The van der Waals surface area contributed by atoms with Crippen LogP contribution in [0.4, 0.5) is 11.4 Å². The first-order valence-electron chi connectivity index (χ1n) is 7.67. The van der Waals surface area contributed by atoms with Gasteiger partial charge in [-0.05, 0) is 37.6 Å². The molecule has 1 heterocycles. The smallest absolute Gasteiger partial charge is 0.337 e. The van der Waals surface area contributed by atoms with Crippen molar-refractivity contribution in [2.75, 3.05) is 5.01 Å². The Kier molecular flexibility index (Phi) is 4.38. The lowest BCUT2D eigenvalue weighted by atomic mass is 10.1. The molecule has 3 rings (SSSR count). The van der Waals surface area contributed by atoms with E-state index in [1.54, 1.807) is 38.1 Å². The predicted molar refractivity (Wildman–Crippen MR) is 93.5 cm³/mol. The molecule has 0 aromatic heterocycles.